The van der Waals surface area contributed by atoms with Gasteiger partial charge < -0.3 is 9.47 Å². The van der Waals surface area contributed by atoms with Crippen LogP contribution in [0.5, 0.6) is 6.01 Å². The van der Waals surface area contributed by atoms with Gasteiger partial charge in [-0.2, -0.15) is 4.98 Å². The molecule has 0 N–H and O–H groups in total. The molecule has 5 aromatic rings. The third kappa shape index (κ3) is 7.73. The molecule has 1 aromatic heterocycles. The van der Waals surface area contributed by atoms with Crippen molar-refractivity contribution in [3.05, 3.63) is 127 Å². The number of aromatic nitrogens is 2. The highest BCUT2D eigenvalue weighted by molar-refractivity contribution is 5.81. The second-order valence-corrected chi connectivity index (χ2v) is 10.0. The Hall–Kier alpha value is -4.64. The number of rotatable bonds is 14. The van der Waals surface area contributed by atoms with Crippen molar-refractivity contribution >= 4 is 5.97 Å². The van der Waals surface area contributed by atoms with E-state index in [9.17, 15) is 4.79 Å². The molecule has 0 saturated heterocycles. The summed E-state index contributed by atoms with van der Waals surface area (Å²) in [5.41, 5.74) is 6.07. The molecule has 0 atom stereocenters. The number of ether oxygens (including phenoxy) is 2. The van der Waals surface area contributed by atoms with Crippen LogP contribution in [0.2, 0.25) is 0 Å². The van der Waals surface area contributed by atoms with Crippen LogP contribution in [0.4, 0.5) is 0 Å². The van der Waals surface area contributed by atoms with Crippen molar-refractivity contribution in [2.24, 2.45) is 0 Å². The van der Waals surface area contributed by atoms with Gasteiger partial charge in [0, 0.05) is 17.5 Å². The highest BCUT2D eigenvalue weighted by atomic mass is 16.5. The quantitative estimate of drug-likeness (QED) is 0.104. The van der Waals surface area contributed by atoms with Gasteiger partial charge in [0.05, 0.1) is 18.0 Å². The Labute approximate surface area is 242 Å². The van der Waals surface area contributed by atoms with Crippen LogP contribution in [-0.2, 0) is 16.1 Å². The topological polar surface area (TPSA) is 53.3 Å². The largest absolute Gasteiger partial charge is 0.464 e. The lowest BCUT2D eigenvalue weighted by molar-refractivity contribution is -0.145. The maximum Gasteiger partial charge on any atom is 0.306 e. The van der Waals surface area contributed by atoms with Crippen LogP contribution in [0.3, 0.4) is 0 Å². The molecule has 0 unspecified atom stereocenters. The van der Waals surface area contributed by atoms with E-state index in [0.717, 1.165) is 65.9 Å². The number of carbonyl (C=O) groups is 1. The van der Waals surface area contributed by atoms with E-state index in [0.29, 0.717) is 25.6 Å². The highest BCUT2D eigenvalue weighted by Gasteiger charge is 2.22. The van der Waals surface area contributed by atoms with Gasteiger partial charge in [0.1, 0.15) is 12.3 Å². The Bertz CT molecular complexity index is 1480. The Morgan fingerprint density at radius 2 is 1.20 bits per heavy atom. The van der Waals surface area contributed by atoms with Crippen molar-refractivity contribution in [2.45, 2.75) is 45.1 Å². The van der Waals surface area contributed by atoms with Gasteiger partial charge >= 0.3 is 12.0 Å². The number of hydrogen-bond donors (Lipinski definition) is 0. The van der Waals surface area contributed by atoms with Crippen LogP contribution in [0.1, 0.15) is 44.1 Å². The summed E-state index contributed by atoms with van der Waals surface area (Å²) in [5.74, 6) is -0.131. The first-order chi connectivity index (χ1) is 20.3. The van der Waals surface area contributed by atoms with Crippen LogP contribution in [0.25, 0.3) is 28.2 Å². The molecule has 1 heterocycles. The monoisotopic (exact) mass is 544 g/mol. The average Bonchev–Trinajstić information content (AvgIpc) is 3.42. The number of nitrogens with zero attached hydrogens (tertiary/aromatic N) is 2. The summed E-state index contributed by atoms with van der Waals surface area (Å²) in [6.07, 6.45) is 5.29. The van der Waals surface area contributed by atoms with E-state index in [-0.39, 0.29) is 5.97 Å². The fraction of sp³-hybridized carbons (Fsp3) is 0.222. The van der Waals surface area contributed by atoms with Crippen LogP contribution in [0.15, 0.2) is 121 Å². The van der Waals surface area contributed by atoms with Crippen molar-refractivity contribution in [1.29, 1.82) is 0 Å². The zero-order valence-electron chi connectivity index (χ0n) is 23.3. The lowest BCUT2D eigenvalue weighted by Crippen LogP contribution is -2.05. The molecule has 0 aliphatic rings. The van der Waals surface area contributed by atoms with E-state index in [2.05, 4.69) is 53.1 Å². The van der Waals surface area contributed by atoms with Crippen LogP contribution >= 0.6 is 0 Å². The number of imidazole rings is 1. The minimum absolute atomic E-state index is 0.131. The maximum atomic E-state index is 12.0. The molecule has 208 valence electrons. The summed E-state index contributed by atoms with van der Waals surface area (Å²) < 4.78 is 13.9. The Morgan fingerprint density at radius 3 is 1.88 bits per heavy atom. The van der Waals surface area contributed by atoms with Gasteiger partial charge in [-0.05, 0) is 30.5 Å². The first-order valence-electron chi connectivity index (χ1n) is 14.4. The second kappa shape index (κ2) is 14.7. The first kappa shape index (κ1) is 27.9. The van der Waals surface area contributed by atoms with Crippen molar-refractivity contribution in [2.75, 3.05) is 6.61 Å². The molecule has 0 radical (unpaired) electrons. The summed E-state index contributed by atoms with van der Waals surface area (Å²) in [7, 11) is 0. The van der Waals surface area contributed by atoms with Crippen molar-refractivity contribution in [3.63, 3.8) is 0 Å². The zero-order valence-corrected chi connectivity index (χ0v) is 23.3. The molecule has 0 bridgehead atoms. The summed E-state index contributed by atoms with van der Waals surface area (Å²) in [6.45, 7) is 0.916. The lowest BCUT2D eigenvalue weighted by Gasteiger charge is -2.13. The summed E-state index contributed by atoms with van der Waals surface area (Å²) in [6, 6.07) is 41.3. The number of unbranched alkanes of at least 4 members (excludes halogenated alkanes) is 4. The van der Waals surface area contributed by atoms with E-state index in [4.69, 9.17) is 14.5 Å². The third-order valence-electron chi connectivity index (χ3n) is 6.95. The molecule has 0 aliphatic heterocycles. The first-order valence-corrected chi connectivity index (χ1v) is 14.4. The van der Waals surface area contributed by atoms with Crippen LogP contribution in [0, 0.1) is 0 Å². The van der Waals surface area contributed by atoms with E-state index in [1.54, 1.807) is 0 Å². The maximum absolute atomic E-state index is 12.0. The Balaban J connectivity index is 1.18. The van der Waals surface area contributed by atoms with Gasteiger partial charge in [-0.25, -0.2) is 0 Å². The lowest BCUT2D eigenvalue weighted by atomic mass is 10.0. The number of esters is 1. The molecule has 5 nitrogen and oxygen atoms in total. The molecule has 5 heteroatoms. The zero-order chi connectivity index (χ0) is 28.1. The second-order valence-electron chi connectivity index (χ2n) is 10.0. The van der Waals surface area contributed by atoms with Crippen molar-refractivity contribution < 1.29 is 14.3 Å². The van der Waals surface area contributed by atoms with E-state index >= 15 is 0 Å². The minimum atomic E-state index is -0.131. The number of carbonyl (C=O) groups excluding carboxylic acids is 1. The molecule has 0 saturated carbocycles. The molecule has 5 rings (SSSR count). The summed E-state index contributed by atoms with van der Waals surface area (Å²) >= 11 is 0. The predicted octanol–water partition coefficient (Wildman–Crippen LogP) is 8.67. The van der Waals surface area contributed by atoms with Gasteiger partial charge in [0.25, 0.3) is 0 Å². The van der Waals surface area contributed by atoms with E-state index in [1.807, 2.05) is 72.8 Å². The molecule has 0 fully saturated rings. The van der Waals surface area contributed by atoms with E-state index in [1.165, 1.54) is 0 Å². The highest BCUT2D eigenvalue weighted by Crippen LogP contribution is 2.37. The van der Waals surface area contributed by atoms with Crippen molar-refractivity contribution in [3.8, 4) is 34.2 Å². The Morgan fingerprint density at radius 1 is 0.634 bits per heavy atom. The third-order valence-corrected chi connectivity index (χ3v) is 6.95. The number of para-hydroxylation sites is 1. The van der Waals surface area contributed by atoms with E-state index < -0.39 is 0 Å². The summed E-state index contributed by atoms with van der Waals surface area (Å²) in [5, 5.41) is 0. The molecular weight excluding hydrogens is 508 g/mol. The average molecular weight is 545 g/mol. The molecule has 41 heavy (non-hydrogen) atoms. The minimum Gasteiger partial charge on any atom is -0.464 e. The van der Waals surface area contributed by atoms with Gasteiger partial charge in [0.15, 0.2) is 0 Å². The normalized spacial score (nSPS) is 10.8. The smallest absolute Gasteiger partial charge is 0.306 e. The predicted molar refractivity (Wildman–Crippen MR) is 164 cm³/mol. The van der Waals surface area contributed by atoms with Crippen molar-refractivity contribution in [1.82, 2.24) is 9.55 Å². The molecular formula is C36H36N2O3. The van der Waals surface area contributed by atoms with Gasteiger partial charge in [0.2, 0.25) is 0 Å². The fourth-order valence-electron chi connectivity index (χ4n) is 4.85. The van der Waals surface area contributed by atoms with Crippen LogP contribution in [-0.4, -0.2) is 22.1 Å². The molecule has 0 amide bonds. The molecule has 0 spiro atoms. The van der Waals surface area contributed by atoms with Gasteiger partial charge in [-0.1, -0.05) is 128 Å². The Kier molecular flexibility index (Phi) is 9.98. The summed E-state index contributed by atoms with van der Waals surface area (Å²) in [4.78, 5) is 17.1. The standard InChI is InChI=1S/C36H36N2O3/c39-33(41-28-29-18-8-4-9-19-29)26-16-2-1-3-17-27-40-36-37-34(30-20-10-5-11-21-30)35(31-22-12-6-13-23-31)38(36)32-24-14-7-15-25-32/h4-15,18-25H,1-3,16-17,26-28H2. The van der Waals surface area contributed by atoms with Crippen LogP contribution < -0.4 is 4.74 Å². The van der Waals surface area contributed by atoms with Gasteiger partial charge in [-0.15, -0.1) is 0 Å². The number of benzene rings is 4. The molecule has 0 aliphatic carbocycles. The molecule has 4 aromatic carbocycles. The van der Waals surface area contributed by atoms with Gasteiger partial charge in [-0.3, -0.25) is 9.36 Å². The fourth-order valence-corrected chi connectivity index (χ4v) is 4.85. The SMILES string of the molecule is O=C(CCCCCCCOc1nc(-c2ccccc2)c(-c2ccccc2)n1-c1ccccc1)OCc1ccccc1. The number of hydrogen-bond acceptors (Lipinski definition) is 4.